The third kappa shape index (κ3) is 2.63. The molecule has 1 aliphatic rings. The van der Waals surface area contributed by atoms with Gasteiger partial charge in [0.1, 0.15) is 5.71 Å². The summed E-state index contributed by atoms with van der Waals surface area (Å²) in [7, 11) is 0. The van der Waals surface area contributed by atoms with Crippen molar-refractivity contribution in [3.8, 4) is 0 Å². The van der Waals surface area contributed by atoms with Gasteiger partial charge in [0.15, 0.2) is 5.78 Å². The molecule has 0 aliphatic heterocycles. The summed E-state index contributed by atoms with van der Waals surface area (Å²) in [5.41, 5.74) is 0.612. The number of oxime groups is 1. The van der Waals surface area contributed by atoms with Crippen molar-refractivity contribution in [2.45, 2.75) is 6.92 Å². The molecule has 0 aromatic rings. The second-order valence-corrected chi connectivity index (χ2v) is 2.62. The first kappa shape index (κ1) is 10.3. The molecule has 0 unspecified atom stereocenters. The quantitative estimate of drug-likeness (QED) is 0.381. The highest BCUT2D eigenvalue weighted by Crippen LogP contribution is 2.06. The third-order valence-electron chi connectivity index (χ3n) is 1.49. The van der Waals surface area contributed by atoms with Gasteiger partial charge < -0.3 is 9.94 Å². The molecule has 5 heteroatoms. The van der Waals surface area contributed by atoms with Crippen molar-refractivity contribution in [3.05, 3.63) is 23.8 Å². The molecule has 0 heterocycles. The summed E-state index contributed by atoms with van der Waals surface area (Å²) in [5, 5.41) is 12.3. The monoisotopic (exact) mass is 195 g/mol. The molecule has 0 saturated carbocycles. The van der Waals surface area contributed by atoms with Gasteiger partial charge in [0.05, 0.1) is 6.61 Å². The molecule has 0 aromatic heterocycles. The maximum Gasteiger partial charge on any atom is 0.332 e. The first-order chi connectivity index (χ1) is 6.63. The lowest BCUT2D eigenvalue weighted by Crippen LogP contribution is -2.12. The molecule has 14 heavy (non-hydrogen) atoms. The second-order valence-electron chi connectivity index (χ2n) is 2.62. The van der Waals surface area contributed by atoms with Crippen molar-refractivity contribution in [1.29, 1.82) is 0 Å². The Bertz CT molecular complexity index is 352. The molecule has 0 bridgehead atoms. The molecular formula is C9H9NO4. The summed E-state index contributed by atoms with van der Waals surface area (Å²) in [6, 6.07) is 0. The molecule has 0 saturated heterocycles. The van der Waals surface area contributed by atoms with Gasteiger partial charge in [0.25, 0.3) is 0 Å². The number of allylic oxidation sites excluding steroid dienone is 3. The van der Waals surface area contributed by atoms with Gasteiger partial charge >= 0.3 is 5.97 Å². The molecule has 1 rings (SSSR count). The largest absolute Gasteiger partial charge is 0.392 e. The molecule has 5 nitrogen and oxygen atoms in total. The molecule has 0 radical (unpaired) electrons. The van der Waals surface area contributed by atoms with Crippen molar-refractivity contribution < 1.29 is 19.5 Å². The Hall–Kier alpha value is -1.75. The van der Waals surface area contributed by atoms with Crippen LogP contribution >= 0.6 is 0 Å². The lowest BCUT2D eigenvalue weighted by atomic mass is 10.0. The van der Waals surface area contributed by atoms with Crippen LogP contribution in [0.1, 0.15) is 6.92 Å². The zero-order valence-corrected chi connectivity index (χ0v) is 7.56. The highest BCUT2D eigenvalue weighted by atomic mass is 16.7. The van der Waals surface area contributed by atoms with Gasteiger partial charge in [-0.05, 0) is 18.2 Å². The van der Waals surface area contributed by atoms with Crippen LogP contribution in [0, 0.1) is 0 Å². The number of hydrogen-bond donors (Lipinski definition) is 1. The van der Waals surface area contributed by atoms with E-state index in [9.17, 15) is 9.59 Å². The summed E-state index contributed by atoms with van der Waals surface area (Å²) in [6.45, 7) is 0.889. The third-order valence-corrected chi connectivity index (χ3v) is 1.49. The minimum Gasteiger partial charge on any atom is -0.392 e. The van der Waals surface area contributed by atoms with Crippen molar-refractivity contribution >= 4 is 17.5 Å². The number of carbonyl (C=O) groups is 2. The van der Waals surface area contributed by atoms with Crippen LogP contribution in [0.25, 0.3) is 0 Å². The number of ketones is 1. The molecule has 1 N–H and O–H groups in total. The fraction of sp³-hybridized carbons (Fsp3) is 0.222. The Kier molecular flexibility index (Phi) is 3.30. The van der Waals surface area contributed by atoms with Gasteiger partial charge in [-0.3, -0.25) is 4.79 Å². The van der Waals surface area contributed by atoms with E-state index in [0.717, 1.165) is 0 Å². The maximum absolute atomic E-state index is 10.9. The fourth-order valence-corrected chi connectivity index (χ4v) is 0.891. The van der Waals surface area contributed by atoms with Crippen molar-refractivity contribution in [1.82, 2.24) is 0 Å². The smallest absolute Gasteiger partial charge is 0.332 e. The highest BCUT2D eigenvalue weighted by molar-refractivity contribution is 6.19. The second kappa shape index (κ2) is 4.48. The van der Waals surface area contributed by atoms with E-state index in [1.165, 1.54) is 25.2 Å². The lowest BCUT2D eigenvalue weighted by molar-refractivity contribution is -0.140. The standard InChI is InChI=1S/C9H9NO4/c1-6(12)14-10-9-3-2-8(13)4-7(9)5-11/h2-4,11H,5H2,1H3. The van der Waals surface area contributed by atoms with E-state index in [-0.39, 0.29) is 18.1 Å². The Morgan fingerprint density at radius 1 is 1.57 bits per heavy atom. The summed E-state index contributed by atoms with van der Waals surface area (Å²) in [4.78, 5) is 25.7. The summed E-state index contributed by atoms with van der Waals surface area (Å²) in [6.07, 6.45) is 3.90. The Labute approximate surface area is 80.4 Å². The molecule has 1 aliphatic carbocycles. The van der Waals surface area contributed by atoms with Crippen LogP contribution in [-0.2, 0) is 14.4 Å². The van der Waals surface area contributed by atoms with E-state index >= 15 is 0 Å². The van der Waals surface area contributed by atoms with Gasteiger partial charge in [0.2, 0.25) is 0 Å². The van der Waals surface area contributed by atoms with Crippen LogP contribution in [0.4, 0.5) is 0 Å². The van der Waals surface area contributed by atoms with Crippen LogP contribution in [-0.4, -0.2) is 29.2 Å². The normalized spacial score (nSPS) is 18.3. The van der Waals surface area contributed by atoms with E-state index in [0.29, 0.717) is 5.57 Å². The van der Waals surface area contributed by atoms with E-state index in [1.807, 2.05) is 0 Å². The summed E-state index contributed by atoms with van der Waals surface area (Å²) >= 11 is 0. The number of carbonyl (C=O) groups excluding carboxylic acids is 2. The number of aliphatic hydroxyl groups is 1. The topological polar surface area (TPSA) is 76.0 Å². The Balaban J connectivity index is 2.83. The zero-order chi connectivity index (χ0) is 10.6. The van der Waals surface area contributed by atoms with Crippen LogP contribution in [0.15, 0.2) is 29.0 Å². The Morgan fingerprint density at radius 3 is 2.86 bits per heavy atom. The average molecular weight is 195 g/mol. The van der Waals surface area contributed by atoms with Crippen LogP contribution in [0.5, 0.6) is 0 Å². The SMILES string of the molecule is CC(=O)ON=C1C=CC(=O)C=C1CO. The van der Waals surface area contributed by atoms with Gasteiger partial charge in [0, 0.05) is 12.5 Å². The lowest BCUT2D eigenvalue weighted by Gasteiger charge is -2.06. The predicted molar refractivity (Wildman–Crippen MR) is 48.5 cm³/mol. The Morgan fingerprint density at radius 2 is 2.29 bits per heavy atom. The van der Waals surface area contributed by atoms with E-state index < -0.39 is 5.97 Å². The van der Waals surface area contributed by atoms with E-state index in [4.69, 9.17) is 5.11 Å². The minimum absolute atomic E-state index is 0.226. The van der Waals surface area contributed by atoms with Gasteiger partial charge in [-0.15, -0.1) is 0 Å². The molecule has 0 aromatic carbocycles. The molecule has 0 fully saturated rings. The molecule has 74 valence electrons. The average Bonchev–Trinajstić information content (AvgIpc) is 2.15. The van der Waals surface area contributed by atoms with Crippen LogP contribution < -0.4 is 0 Å². The number of aliphatic hydroxyl groups excluding tert-OH is 1. The number of hydrogen-bond acceptors (Lipinski definition) is 5. The van der Waals surface area contributed by atoms with Crippen molar-refractivity contribution in [2.24, 2.45) is 5.16 Å². The molecule has 0 amide bonds. The predicted octanol–water partition coefficient (Wildman–Crippen LogP) is -0.0369. The molecule has 0 atom stereocenters. The van der Waals surface area contributed by atoms with Gasteiger partial charge in [-0.2, -0.15) is 0 Å². The number of nitrogens with zero attached hydrogens (tertiary/aromatic N) is 1. The van der Waals surface area contributed by atoms with Crippen LogP contribution in [0.2, 0.25) is 0 Å². The van der Waals surface area contributed by atoms with Gasteiger partial charge in [-0.1, -0.05) is 5.16 Å². The maximum atomic E-state index is 10.9. The minimum atomic E-state index is -0.555. The fourth-order valence-electron chi connectivity index (χ4n) is 0.891. The number of rotatable bonds is 2. The van der Waals surface area contributed by atoms with Crippen molar-refractivity contribution in [3.63, 3.8) is 0 Å². The molecular weight excluding hydrogens is 186 g/mol. The summed E-state index contributed by atoms with van der Waals surface area (Å²) in [5.74, 6) is -0.782. The van der Waals surface area contributed by atoms with Crippen molar-refractivity contribution in [2.75, 3.05) is 6.61 Å². The first-order valence-corrected chi connectivity index (χ1v) is 3.93. The first-order valence-electron chi connectivity index (χ1n) is 3.93. The van der Waals surface area contributed by atoms with E-state index in [1.54, 1.807) is 0 Å². The van der Waals surface area contributed by atoms with E-state index in [2.05, 4.69) is 9.99 Å². The highest BCUT2D eigenvalue weighted by Gasteiger charge is 2.11. The molecule has 0 spiro atoms. The zero-order valence-electron chi connectivity index (χ0n) is 7.56. The van der Waals surface area contributed by atoms with Gasteiger partial charge in [-0.25, -0.2) is 4.79 Å². The van der Waals surface area contributed by atoms with Crippen LogP contribution in [0.3, 0.4) is 0 Å². The summed E-state index contributed by atoms with van der Waals surface area (Å²) < 4.78 is 0.